The van der Waals surface area contributed by atoms with Gasteiger partial charge in [0, 0.05) is 13.2 Å². The minimum absolute atomic E-state index is 0.435. The van der Waals surface area contributed by atoms with Gasteiger partial charge in [-0.3, -0.25) is 4.79 Å². The number of hydrogen-bond donors (Lipinski definition) is 2. The molecule has 0 rings (SSSR count). The average Bonchev–Trinajstić information content (AvgIpc) is 2.26. The first-order valence-corrected chi connectivity index (χ1v) is 6.33. The second kappa shape index (κ2) is 8.44. The predicted octanol–water partition coefficient (Wildman–Crippen LogP) is 0.328. The minimum Gasteiger partial charge on any atom is -0.380 e. The summed E-state index contributed by atoms with van der Waals surface area (Å²) in [5.74, 6) is -0.435. The van der Waals surface area contributed by atoms with Crippen molar-refractivity contribution in [1.29, 1.82) is 0 Å². The van der Waals surface area contributed by atoms with Crippen molar-refractivity contribution in [3.05, 3.63) is 0 Å². The van der Waals surface area contributed by atoms with Gasteiger partial charge >= 0.3 is 0 Å². The Labute approximate surface area is 104 Å². The summed E-state index contributed by atoms with van der Waals surface area (Å²) in [6, 6.07) is 0. The number of primary amides is 1. The molecule has 17 heavy (non-hydrogen) atoms. The van der Waals surface area contributed by atoms with Crippen LogP contribution in [0.2, 0.25) is 0 Å². The molecule has 0 aliphatic heterocycles. The van der Waals surface area contributed by atoms with E-state index in [-0.39, 0.29) is 0 Å². The topological polar surface area (TPSA) is 81.6 Å². The van der Waals surface area contributed by atoms with Crippen molar-refractivity contribution in [2.45, 2.75) is 39.2 Å². The maximum Gasteiger partial charge on any atom is 0.237 e. The molecular weight excluding hydrogens is 218 g/mol. The molecule has 4 N–H and O–H groups in total. The summed E-state index contributed by atoms with van der Waals surface area (Å²) in [4.78, 5) is 13.3. The lowest BCUT2D eigenvalue weighted by molar-refractivity contribution is -0.122. The largest absolute Gasteiger partial charge is 0.380 e. The Morgan fingerprint density at radius 3 is 2.47 bits per heavy atom. The number of hydrogen-bond acceptors (Lipinski definition) is 4. The Hall–Kier alpha value is -0.650. The van der Waals surface area contributed by atoms with Crippen molar-refractivity contribution in [3.8, 4) is 0 Å². The molecule has 1 atom stereocenters. The predicted molar refractivity (Wildman–Crippen MR) is 69.6 cm³/mol. The molecule has 0 aromatic heterocycles. The fourth-order valence-corrected chi connectivity index (χ4v) is 1.56. The Bertz CT molecular complexity index is 220. The van der Waals surface area contributed by atoms with E-state index in [1.165, 1.54) is 0 Å². The molecule has 0 bridgehead atoms. The molecule has 0 heterocycles. The number of carbonyl (C=O) groups is 1. The van der Waals surface area contributed by atoms with Gasteiger partial charge in [-0.1, -0.05) is 6.92 Å². The lowest BCUT2D eigenvalue weighted by atomic mass is 9.96. The molecule has 0 fully saturated rings. The molecule has 0 aromatic carbocycles. The minimum atomic E-state index is -0.890. The summed E-state index contributed by atoms with van der Waals surface area (Å²) < 4.78 is 5.31. The lowest BCUT2D eigenvalue weighted by Crippen LogP contribution is -2.49. The maximum atomic E-state index is 11.0. The zero-order valence-electron chi connectivity index (χ0n) is 11.4. The number of rotatable bonds is 10. The van der Waals surface area contributed by atoms with Gasteiger partial charge in [0.05, 0.1) is 12.1 Å². The molecular formula is C12H27N3O2. The molecule has 0 saturated carbocycles. The van der Waals surface area contributed by atoms with E-state index in [1.54, 1.807) is 6.92 Å². The lowest BCUT2D eigenvalue weighted by Gasteiger charge is -2.24. The van der Waals surface area contributed by atoms with Gasteiger partial charge in [0.25, 0.3) is 0 Å². The molecule has 0 aromatic rings. The Morgan fingerprint density at radius 2 is 2.00 bits per heavy atom. The van der Waals surface area contributed by atoms with Gasteiger partial charge in [0.1, 0.15) is 0 Å². The van der Waals surface area contributed by atoms with Crippen molar-refractivity contribution in [3.63, 3.8) is 0 Å². The van der Waals surface area contributed by atoms with Crippen LogP contribution in [0.4, 0.5) is 0 Å². The highest BCUT2D eigenvalue weighted by Gasteiger charge is 2.24. The molecule has 0 aliphatic rings. The third-order valence-electron chi connectivity index (χ3n) is 2.94. The Kier molecular flexibility index (Phi) is 8.12. The van der Waals surface area contributed by atoms with Crippen molar-refractivity contribution in [2.75, 3.05) is 32.8 Å². The standard InChI is InChI=1S/C12H27N3O2/c1-4-15(9-10-17-5-2)8-6-7-12(3,14)11(13)16/h4-10,14H2,1-3H3,(H2,13,16). The quantitative estimate of drug-likeness (QED) is 0.543. The third-order valence-corrected chi connectivity index (χ3v) is 2.94. The van der Waals surface area contributed by atoms with E-state index < -0.39 is 11.4 Å². The summed E-state index contributed by atoms with van der Waals surface area (Å²) in [7, 11) is 0. The summed E-state index contributed by atoms with van der Waals surface area (Å²) in [6.07, 6.45) is 1.49. The van der Waals surface area contributed by atoms with Crippen LogP contribution in [-0.4, -0.2) is 49.2 Å². The van der Waals surface area contributed by atoms with Gasteiger partial charge in [-0.25, -0.2) is 0 Å². The smallest absolute Gasteiger partial charge is 0.237 e. The number of likely N-dealkylation sites (N-methyl/N-ethyl adjacent to an activating group) is 1. The molecule has 0 radical (unpaired) electrons. The Balaban J connectivity index is 3.80. The zero-order valence-corrected chi connectivity index (χ0v) is 11.4. The van der Waals surface area contributed by atoms with E-state index in [1.807, 2.05) is 6.92 Å². The van der Waals surface area contributed by atoms with E-state index in [2.05, 4.69) is 11.8 Å². The monoisotopic (exact) mass is 245 g/mol. The molecule has 1 amide bonds. The molecule has 1 unspecified atom stereocenters. The highest BCUT2D eigenvalue weighted by molar-refractivity contribution is 5.83. The van der Waals surface area contributed by atoms with Crippen molar-refractivity contribution >= 4 is 5.91 Å². The fraction of sp³-hybridized carbons (Fsp3) is 0.917. The normalized spacial score (nSPS) is 14.9. The SMILES string of the molecule is CCOCCN(CC)CCCC(C)(N)C(N)=O. The number of nitrogens with zero attached hydrogens (tertiary/aromatic N) is 1. The molecule has 0 aliphatic carbocycles. The van der Waals surface area contributed by atoms with E-state index >= 15 is 0 Å². The summed E-state index contributed by atoms with van der Waals surface area (Å²) in [5.41, 5.74) is 10.1. The van der Waals surface area contributed by atoms with Crippen LogP contribution in [0.3, 0.4) is 0 Å². The van der Waals surface area contributed by atoms with Crippen LogP contribution < -0.4 is 11.5 Å². The molecule has 102 valence electrons. The van der Waals surface area contributed by atoms with Gasteiger partial charge in [-0.05, 0) is 39.8 Å². The van der Waals surface area contributed by atoms with Gasteiger partial charge < -0.3 is 21.1 Å². The molecule has 0 spiro atoms. The molecule has 0 saturated heterocycles. The summed E-state index contributed by atoms with van der Waals surface area (Å²) in [5, 5.41) is 0. The molecule has 5 heteroatoms. The number of amides is 1. The van der Waals surface area contributed by atoms with Crippen LogP contribution in [0.5, 0.6) is 0 Å². The fourth-order valence-electron chi connectivity index (χ4n) is 1.56. The second-order valence-electron chi connectivity index (χ2n) is 4.52. The number of nitrogens with two attached hydrogens (primary N) is 2. The van der Waals surface area contributed by atoms with Crippen LogP contribution in [-0.2, 0) is 9.53 Å². The summed E-state index contributed by atoms with van der Waals surface area (Å²) >= 11 is 0. The number of ether oxygens (including phenoxy) is 1. The van der Waals surface area contributed by atoms with Crippen LogP contribution in [0, 0.1) is 0 Å². The Morgan fingerprint density at radius 1 is 1.35 bits per heavy atom. The van der Waals surface area contributed by atoms with Crippen LogP contribution in [0.15, 0.2) is 0 Å². The first-order valence-electron chi connectivity index (χ1n) is 6.33. The second-order valence-corrected chi connectivity index (χ2v) is 4.52. The van der Waals surface area contributed by atoms with E-state index in [9.17, 15) is 4.79 Å². The van der Waals surface area contributed by atoms with Crippen molar-refractivity contribution in [1.82, 2.24) is 4.90 Å². The first-order chi connectivity index (χ1) is 7.94. The molecule has 5 nitrogen and oxygen atoms in total. The van der Waals surface area contributed by atoms with Gasteiger partial charge in [-0.2, -0.15) is 0 Å². The highest BCUT2D eigenvalue weighted by Crippen LogP contribution is 2.08. The van der Waals surface area contributed by atoms with Crippen molar-refractivity contribution in [2.24, 2.45) is 11.5 Å². The van der Waals surface area contributed by atoms with Gasteiger partial charge in [0.2, 0.25) is 5.91 Å². The van der Waals surface area contributed by atoms with E-state index in [0.717, 1.165) is 39.3 Å². The van der Waals surface area contributed by atoms with Gasteiger partial charge in [0.15, 0.2) is 0 Å². The van der Waals surface area contributed by atoms with Crippen LogP contribution in [0.25, 0.3) is 0 Å². The maximum absolute atomic E-state index is 11.0. The number of carbonyl (C=O) groups excluding carboxylic acids is 1. The zero-order chi connectivity index (χ0) is 13.3. The summed E-state index contributed by atoms with van der Waals surface area (Å²) in [6.45, 7) is 10.1. The van der Waals surface area contributed by atoms with Crippen LogP contribution >= 0.6 is 0 Å². The van der Waals surface area contributed by atoms with Crippen LogP contribution in [0.1, 0.15) is 33.6 Å². The van der Waals surface area contributed by atoms with Gasteiger partial charge in [-0.15, -0.1) is 0 Å². The van der Waals surface area contributed by atoms with E-state index in [4.69, 9.17) is 16.2 Å². The van der Waals surface area contributed by atoms with Crippen molar-refractivity contribution < 1.29 is 9.53 Å². The highest BCUT2D eigenvalue weighted by atomic mass is 16.5. The first kappa shape index (κ1) is 16.4. The third kappa shape index (κ3) is 7.31. The van der Waals surface area contributed by atoms with E-state index in [0.29, 0.717) is 6.42 Å². The average molecular weight is 245 g/mol.